The molecule has 3 rings (SSSR count). The van der Waals surface area contributed by atoms with Crippen molar-refractivity contribution in [1.29, 1.82) is 0 Å². The highest BCUT2D eigenvalue weighted by Crippen LogP contribution is 2.41. The molecule has 3 N–H and O–H groups in total. The molecule has 1 aromatic carbocycles. The second kappa shape index (κ2) is 7.77. The number of halogens is 1. The predicted molar refractivity (Wildman–Crippen MR) is 101 cm³/mol. The number of rotatable bonds is 3. The van der Waals surface area contributed by atoms with Crippen LogP contribution in [0, 0.1) is 12.8 Å². The lowest BCUT2D eigenvalue weighted by Gasteiger charge is -2.37. The summed E-state index contributed by atoms with van der Waals surface area (Å²) in [5, 5.41) is 23.8. The molecule has 2 fully saturated rings. The maximum atomic E-state index is 12.5. The molecule has 5 heteroatoms. The van der Waals surface area contributed by atoms with Gasteiger partial charge in [0.1, 0.15) is 0 Å². The minimum absolute atomic E-state index is 0.0112. The Hall–Kier alpha value is -0.910. The summed E-state index contributed by atoms with van der Waals surface area (Å²) >= 11 is 3.47. The molecule has 2 saturated carbocycles. The minimum Gasteiger partial charge on any atom is -0.393 e. The Morgan fingerprint density at radius 2 is 1.80 bits per heavy atom. The van der Waals surface area contributed by atoms with E-state index in [1.165, 1.54) is 0 Å². The maximum absolute atomic E-state index is 12.5. The standard InChI is InChI=1S/C20H28BrNO3/c1-13-12-15(21)2-7-18(13)20(25)10-8-14(9-11-20)19(24)22-16-3-5-17(23)6-4-16/h2,7,12,14,16-17,23,25H,3-6,8-11H2,1H3,(H,22,24)/t14-,16?,17?,20-. The molecule has 2 aliphatic rings. The molecular weight excluding hydrogens is 382 g/mol. The Morgan fingerprint density at radius 1 is 1.16 bits per heavy atom. The van der Waals surface area contributed by atoms with Crippen molar-refractivity contribution >= 4 is 21.8 Å². The van der Waals surface area contributed by atoms with Crippen LogP contribution in [-0.2, 0) is 10.4 Å². The summed E-state index contributed by atoms with van der Waals surface area (Å²) in [6.45, 7) is 2.02. The van der Waals surface area contributed by atoms with Gasteiger partial charge in [-0.1, -0.05) is 22.0 Å². The fourth-order valence-electron chi connectivity index (χ4n) is 4.32. The van der Waals surface area contributed by atoms with E-state index in [0.717, 1.165) is 41.3 Å². The molecule has 0 heterocycles. The van der Waals surface area contributed by atoms with Crippen LogP contribution in [0.4, 0.5) is 0 Å². The second-order valence-corrected chi connectivity index (χ2v) is 8.69. The summed E-state index contributed by atoms with van der Waals surface area (Å²) < 4.78 is 1.02. The molecule has 25 heavy (non-hydrogen) atoms. The zero-order valence-electron chi connectivity index (χ0n) is 14.8. The Morgan fingerprint density at radius 3 is 2.40 bits per heavy atom. The van der Waals surface area contributed by atoms with Gasteiger partial charge in [-0.05, 0) is 81.5 Å². The number of nitrogens with one attached hydrogen (secondary N) is 1. The minimum atomic E-state index is -0.823. The molecule has 1 amide bonds. The number of hydrogen-bond donors (Lipinski definition) is 3. The monoisotopic (exact) mass is 409 g/mol. The van der Waals surface area contributed by atoms with Gasteiger partial charge < -0.3 is 15.5 Å². The number of carbonyl (C=O) groups excluding carboxylic acids is 1. The van der Waals surface area contributed by atoms with Gasteiger partial charge in [-0.25, -0.2) is 0 Å². The Balaban J connectivity index is 1.56. The van der Waals surface area contributed by atoms with E-state index in [0.29, 0.717) is 25.7 Å². The zero-order chi connectivity index (χ0) is 18.0. The third kappa shape index (κ3) is 4.44. The molecule has 138 valence electrons. The fourth-order valence-corrected chi connectivity index (χ4v) is 4.79. The van der Waals surface area contributed by atoms with E-state index in [1.807, 2.05) is 25.1 Å². The van der Waals surface area contributed by atoms with E-state index in [4.69, 9.17) is 0 Å². The first-order valence-corrected chi connectivity index (χ1v) is 10.1. The van der Waals surface area contributed by atoms with Crippen molar-refractivity contribution in [2.45, 2.75) is 76.0 Å². The molecule has 1 aromatic rings. The number of aliphatic hydroxyl groups excluding tert-OH is 1. The van der Waals surface area contributed by atoms with Gasteiger partial charge in [0.2, 0.25) is 5.91 Å². The molecule has 4 nitrogen and oxygen atoms in total. The summed E-state index contributed by atoms with van der Waals surface area (Å²) in [6.07, 6.45) is 5.75. The van der Waals surface area contributed by atoms with Crippen LogP contribution >= 0.6 is 15.9 Å². The highest BCUT2D eigenvalue weighted by molar-refractivity contribution is 9.10. The summed E-state index contributed by atoms with van der Waals surface area (Å²) in [5.74, 6) is 0.110. The van der Waals surface area contributed by atoms with Gasteiger partial charge in [0.15, 0.2) is 0 Å². The number of aryl methyl sites for hydroxylation is 1. The van der Waals surface area contributed by atoms with E-state index < -0.39 is 5.60 Å². The molecule has 0 bridgehead atoms. The van der Waals surface area contributed by atoms with Gasteiger partial charge in [-0.3, -0.25) is 4.79 Å². The van der Waals surface area contributed by atoms with E-state index in [2.05, 4.69) is 21.2 Å². The third-order valence-corrected chi connectivity index (χ3v) is 6.41. The van der Waals surface area contributed by atoms with Crippen LogP contribution in [0.25, 0.3) is 0 Å². The highest BCUT2D eigenvalue weighted by Gasteiger charge is 2.38. The smallest absolute Gasteiger partial charge is 0.223 e. The van der Waals surface area contributed by atoms with Crippen molar-refractivity contribution < 1.29 is 15.0 Å². The topological polar surface area (TPSA) is 69.6 Å². The average Bonchev–Trinajstić information content (AvgIpc) is 2.57. The van der Waals surface area contributed by atoms with E-state index in [-0.39, 0.29) is 24.0 Å². The van der Waals surface area contributed by atoms with Crippen LogP contribution in [0.5, 0.6) is 0 Å². The van der Waals surface area contributed by atoms with Crippen molar-refractivity contribution in [3.63, 3.8) is 0 Å². The molecule has 0 spiro atoms. The average molecular weight is 410 g/mol. The Labute approximate surface area is 158 Å². The third-order valence-electron chi connectivity index (χ3n) is 5.92. The SMILES string of the molecule is Cc1cc(Br)ccc1[C@]1(O)CC[C@H](C(=O)NC2CCC(O)CC2)CC1. The van der Waals surface area contributed by atoms with Crippen molar-refractivity contribution in [2.24, 2.45) is 5.92 Å². The fraction of sp³-hybridized carbons (Fsp3) is 0.650. The van der Waals surface area contributed by atoms with E-state index in [1.54, 1.807) is 0 Å². The van der Waals surface area contributed by atoms with Gasteiger partial charge in [0.05, 0.1) is 11.7 Å². The number of aliphatic hydroxyl groups is 2. The second-order valence-electron chi connectivity index (χ2n) is 7.78. The summed E-state index contributed by atoms with van der Waals surface area (Å²) in [5.41, 5.74) is 1.24. The van der Waals surface area contributed by atoms with Crippen molar-refractivity contribution in [3.05, 3.63) is 33.8 Å². The van der Waals surface area contributed by atoms with Crippen LogP contribution in [-0.4, -0.2) is 28.3 Å². The summed E-state index contributed by atoms with van der Waals surface area (Å²) in [6, 6.07) is 6.19. The van der Waals surface area contributed by atoms with Crippen molar-refractivity contribution in [3.8, 4) is 0 Å². The first kappa shape index (κ1) is 18.9. The molecule has 0 aliphatic heterocycles. The van der Waals surface area contributed by atoms with Gasteiger partial charge >= 0.3 is 0 Å². The molecular formula is C20H28BrNO3. The number of benzene rings is 1. The normalized spacial score (nSPS) is 33.0. The molecule has 0 saturated heterocycles. The Kier molecular flexibility index (Phi) is 5.86. The van der Waals surface area contributed by atoms with Crippen LogP contribution < -0.4 is 5.32 Å². The van der Waals surface area contributed by atoms with E-state index in [9.17, 15) is 15.0 Å². The van der Waals surface area contributed by atoms with Gasteiger partial charge in [0.25, 0.3) is 0 Å². The molecule has 0 unspecified atom stereocenters. The highest BCUT2D eigenvalue weighted by atomic mass is 79.9. The summed E-state index contributed by atoms with van der Waals surface area (Å²) in [7, 11) is 0. The largest absolute Gasteiger partial charge is 0.393 e. The zero-order valence-corrected chi connectivity index (χ0v) is 16.4. The van der Waals surface area contributed by atoms with Gasteiger partial charge in [-0.15, -0.1) is 0 Å². The van der Waals surface area contributed by atoms with Gasteiger partial charge in [-0.2, -0.15) is 0 Å². The van der Waals surface area contributed by atoms with Crippen LogP contribution in [0.1, 0.15) is 62.5 Å². The van der Waals surface area contributed by atoms with E-state index >= 15 is 0 Å². The van der Waals surface area contributed by atoms with Gasteiger partial charge in [0, 0.05) is 16.4 Å². The molecule has 0 atom stereocenters. The summed E-state index contributed by atoms with van der Waals surface area (Å²) in [4.78, 5) is 12.5. The molecule has 2 aliphatic carbocycles. The van der Waals surface area contributed by atoms with Crippen molar-refractivity contribution in [2.75, 3.05) is 0 Å². The molecule has 0 radical (unpaired) electrons. The number of amides is 1. The van der Waals surface area contributed by atoms with Crippen LogP contribution in [0.15, 0.2) is 22.7 Å². The quantitative estimate of drug-likeness (QED) is 0.714. The number of carbonyl (C=O) groups is 1. The maximum Gasteiger partial charge on any atom is 0.223 e. The number of hydrogen-bond acceptors (Lipinski definition) is 3. The lowest BCUT2D eigenvalue weighted by molar-refractivity contribution is -0.129. The predicted octanol–water partition coefficient (Wildman–Crippen LogP) is 3.56. The van der Waals surface area contributed by atoms with Crippen LogP contribution in [0.2, 0.25) is 0 Å². The Bertz CT molecular complexity index is 617. The lowest BCUT2D eigenvalue weighted by atomic mass is 9.74. The first-order valence-electron chi connectivity index (χ1n) is 9.35. The van der Waals surface area contributed by atoms with Crippen molar-refractivity contribution in [1.82, 2.24) is 5.32 Å². The molecule has 0 aromatic heterocycles. The lowest BCUT2D eigenvalue weighted by Crippen LogP contribution is -2.44. The van der Waals surface area contributed by atoms with Crippen LogP contribution in [0.3, 0.4) is 0 Å². The first-order chi connectivity index (χ1) is 11.9.